The molecule has 0 N–H and O–H groups in total. The first kappa shape index (κ1) is 19.1. The molecule has 0 bridgehead atoms. The van der Waals surface area contributed by atoms with E-state index in [1.54, 1.807) is 0 Å². The second kappa shape index (κ2) is 7.03. The Bertz CT molecular complexity index is 1720. The van der Waals surface area contributed by atoms with E-state index in [0.29, 0.717) is 0 Å². The van der Waals surface area contributed by atoms with Crippen LogP contribution in [-0.2, 0) is 0 Å². The molecule has 0 amide bonds. The number of nitrogens with zero attached hydrogens (tertiary/aromatic N) is 2. The third-order valence-corrected chi connectivity index (χ3v) is 6.64. The molecule has 2 nitrogen and oxygen atoms in total. The van der Waals surface area contributed by atoms with Crippen LogP contribution >= 0.6 is 0 Å². The Balaban J connectivity index is 1.76. The number of para-hydroxylation sites is 2. The molecule has 4 heteroatoms. The fourth-order valence-corrected chi connectivity index (χ4v) is 5.22. The highest BCUT2D eigenvalue weighted by atomic mass is 19.1. The summed E-state index contributed by atoms with van der Waals surface area (Å²) in [6, 6.07) is 34.1. The fourth-order valence-electron chi connectivity index (χ4n) is 5.22. The summed E-state index contributed by atoms with van der Waals surface area (Å²) in [6.07, 6.45) is 0. The van der Waals surface area contributed by atoms with Crippen molar-refractivity contribution in [3.8, 4) is 11.4 Å². The highest BCUT2D eigenvalue weighted by molar-refractivity contribution is 6.23. The van der Waals surface area contributed by atoms with Gasteiger partial charge in [-0.1, -0.05) is 48.5 Å². The zero-order valence-electron chi connectivity index (χ0n) is 18.0. The maximum absolute atomic E-state index is 13.8. The number of hydrogen-bond donors (Lipinski definition) is 0. The first-order valence-electron chi connectivity index (χ1n) is 11.2. The molecule has 0 saturated heterocycles. The molecule has 0 aliphatic carbocycles. The van der Waals surface area contributed by atoms with Crippen LogP contribution in [-0.4, -0.2) is 9.13 Å². The topological polar surface area (TPSA) is 9.86 Å². The van der Waals surface area contributed by atoms with Crippen LogP contribution in [0.2, 0.25) is 0 Å². The molecule has 34 heavy (non-hydrogen) atoms. The van der Waals surface area contributed by atoms with E-state index in [1.807, 2.05) is 48.5 Å². The van der Waals surface area contributed by atoms with Gasteiger partial charge >= 0.3 is 0 Å². The molecule has 7 rings (SSSR count). The van der Waals surface area contributed by atoms with Crippen molar-refractivity contribution < 1.29 is 8.78 Å². The monoisotopic (exact) mass is 444 g/mol. The van der Waals surface area contributed by atoms with Gasteiger partial charge in [-0.2, -0.15) is 0 Å². The molecule has 0 fully saturated rings. The van der Waals surface area contributed by atoms with E-state index in [0.717, 1.165) is 55.0 Å². The van der Waals surface area contributed by atoms with Gasteiger partial charge in [0, 0.05) is 32.9 Å². The predicted octanol–water partition coefficient (Wildman–Crippen LogP) is 8.16. The van der Waals surface area contributed by atoms with Crippen molar-refractivity contribution in [2.24, 2.45) is 0 Å². The molecule has 5 aromatic carbocycles. The van der Waals surface area contributed by atoms with Gasteiger partial charge in [0.2, 0.25) is 0 Å². The summed E-state index contributed by atoms with van der Waals surface area (Å²) in [5.41, 5.74) is 5.93. The van der Waals surface area contributed by atoms with Crippen LogP contribution in [0.3, 0.4) is 0 Å². The SMILES string of the molecule is Fc1ccc(-n2c3ccccc3c3ccc4c5ccccc5n(-c5ccc(F)cc5)c4c32)cc1. The molecule has 162 valence electrons. The largest absolute Gasteiger partial charge is 0.307 e. The van der Waals surface area contributed by atoms with Crippen LogP contribution in [0.4, 0.5) is 8.78 Å². The highest BCUT2D eigenvalue weighted by Gasteiger charge is 2.20. The minimum atomic E-state index is -0.268. The van der Waals surface area contributed by atoms with Crippen molar-refractivity contribution >= 4 is 43.6 Å². The Morgan fingerprint density at radius 3 is 1.18 bits per heavy atom. The first-order valence-corrected chi connectivity index (χ1v) is 11.2. The maximum atomic E-state index is 13.8. The molecule has 2 heterocycles. The second-order valence-electron chi connectivity index (χ2n) is 8.52. The summed E-state index contributed by atoms with van der Waals surface area (Å²) in [5, 5.41) is 4.47. The smallest absolute Gasteiger partial charge is 0.123 e. The van der Waals surface area contributed by atoms with Gasteiger partial charge in [0.15, 0.2) is 0 Å². The van der Waals surface area contributed by atoms with Crippen molar-refractivity contribution in [3.05, 3.63) is 121 Å². The van der Waals surface area contributed by atoms with E-state index in [2.05, 4.69) is 45.5 Å². The van der Waals surface area contributed by atoms with Crippen molar-refractivity contribution in [1.82, 2.24) is 9.13 Å². The van der Waals surface area contributed by atoms with Crippen molar-refractivity contribution in [2.45, 2.75) is 0 Å². The van der Waals surface area contributed by atoms with Gasteiger partial charge in [-0.25, -0.2) is 8.78 Å². The molecule has 0 unspecified atom stereocenters. The molecule has 0 aliphatic heterocycles. The Kier molecular flexibility index (Phi) is 3.94. The lowest BCUT2D eigenvalue weighted by Gasteiger charge is -2.12. The van der Waals surface area contributed by atoms with Gasteiger partial charge in [-0.05, 0) is 60.7 Å². The molecule has 0 radical (unpaired) electrons. The van der Waals surface area contributed by atoms with Crippen LogP contribution in [0.15, 0.2) is 109 Å². The van der Waals surface area contributed by atoms with E-state index in [9.17, 15) is 8.78 Å². The Morgan fingerprint density at radius 2 is 0.765 bits per heavy atom. The van der Waals surface area contributed by atoms with Crippen LogP contribution in [0.5, 0.6) is 0 Å². The molecular weight excluding hydrogens is 426 g/mol. The summed E-state index contributed by atoms with van der Waals surface area (Å²) >= 11 is 0. The van der Waals surface area contributed by atoms with E-state index in [-0.39, 0.29) is 11.6 Å². The van der Waals surface area contributed by atoms with E-state index >= 15 is 0 Å². The van der Waals surface area contributed by atoms with E-state index in [1.165, 1.54) is 24.3 Å². The van der Waals surface area contributed by atoms with Crippen LogP contribution in [0, 0.1) is 11.6 Å². The summed E-state index contributed by atoms with van der Waals surface area (Å²) in [7, 11) is 0. The number of hydrogen-bond acceptors (Lipinski definition) is 0. The van der Waals surface area contributed by atoms with Gasteiger partial charge in [-0.3, -0.25) is 0 Å². The number of halogens is 2. The zero-order valence-corrected chi connectivity index (χ0v) is 18.0. The molecule has 0 aliphatic rings. The summed E-state index contributed by atoms with van der Waals surface area (Å²) in [6.45, 7) is 0. The second-order valence-corrected chi connectivity index (χ2v) is 8.52. The molecule has 2 aromatic heterocycles. The first-order chi connectivity index (χ1) is 16.7. The van der Waals surface area contributed by atoms with E-state index in [4.69, 9.17) is 0 Å². The molecule has 0 spiro atoms. The number of fused-ring (bicyclic) bond motifs is 7. The standard InChI is InChI=1S/C30H18F2N2/c31-19-9-13-21(14-10-19)33-27-7-3-1-5-23(27)25-17-18-26-24-6-2-4-8-28(24)34(30(26)29(25)33)22-15-11-20(32)12-16-22/h1-18H. The summed E-state index contributed by atoms with van der Waals surface area (Å²) in [4.78, 5) is 0. The highest BCUT2D eigenvalue weighted by Crippen LogP contribution is 2.41. The van der Waals surface area contributed by atoms with Crippen molar-refractivity contribution in [1.29, 1.82) is 0 Å². The Hall–Kier alpha value is -4.44. The minimum Gasteiger partial charge on any atom is -0.307 e. The lowest BCUT2D eigenvalue weighted by atomic mass is 10.1. The van der Waals surface area contributed by atoms with Gasteiger partial charge < -0.3 is 9.13 Å². The van der Waals surface area contributed by atoms with Crippen LogP contribution in [0.1, 0.15) is 0 Å². The van der Waals surface area contributed by atoms with Crippen LogP contribution in [0.25, 0.3) is 55.0 Å². The van der Waals surface area contributed by atoms with Gasteiger partial charge in [0.05, 0.1) is 22.1 Å². The average Bonchev–Trinajstić information content (AvgIpc) is 3.38. The lowest BCUT2D eigenvalue weighted by molar-refractivity contribution is 0.627. The predicted molar refractivity (Wildman–Crippen MR) is 135 cm³/mol. The third kappa shape index (κ3) is 2.59. The van der Waals surface area contributed by atoms with Gasteiger partial charge in [0.25, 0.3) is 0 Å². The molecular formula is C30H18F2N2. The van der Waals surface area contributed by atoms with Crippen LogP contribution < -0.4 is 0 Å². The number of rotatable bonds is 2. The average molecular weight is 444 g/mol. The summed E-state index contributed by atoms with van der Waals surface area (Å²) in [5.74, 6) is -0.537. The molecule has 0 atom stereocenters. The van der Waals surface area contributed by atoms with Crippen molar-refractivity contribution in [3.63, 3.8) is 0 Å². The maximum Gasteiger partial charge on any atom is 0.123 e. The normalized spacial score (nSPS) is 11.8. The molecule has 7 aromatic rings. The number of benzene rings is 5. The lowest BCUT2D eigenvalue weighted by Crippen LogP contribution is -1.98. The number of aromatic nitrogens is 2. The van der Waals surface area contributed by atoms with Crippen molar-refractivity contribution in [2.75, 3.05) is 0 Å². The Labute approximate surface area is 193 Å². The van der Waals surface area contributed by atoms with E-state index < -0.39 is 0 Å². The third-order valence-electron chi connectivity index (χ3n) is 6.64. The molecule has 0 saturated carbocycles. The Morgan fingerprint density at radius 1 is 0.382 bits per heavy atom. The minimum absolute atomic E-state index is 0.268. The zero-order chi connectivity index (χ0) is 22.8. The fraction of sp³-hybridized carbons (Fsp3) is 0. The quantitative estimate of drug-likeness (QED) is 0.255. The van der Waals surface area contributed by atoms with Gasteiger partial charge in [-0.15, -0.1) is 0 Å². The van der Waals surface area contributed by atoms with Gasteiger partial charge in [0.1, 0.15) is 11.6 Å². The summed E-state index contributed by atoms with van der Waals surface area (Å²) < 4.78 is 32.0.